The molecule has 0 aliphatic carbocycles. The SMILES string of the molecule is Cc1c(C(F)(F)S(=O)O)ccc(F)c1C#N. The minimum absolute atomic E-state index is 0.338. The van der Waals surface area contributed by atoms with E-state index in [0.717, 1.165) is 6.92 Å². The van der Waals surface area contributed by atoms with E-state index >= 15 is 0 Å². The average molecular weight is 249 g/mol. The highest BCUT2D eigenvalue weighted by Gasteiger charge is 2.41. The molecule has 1 aromatic rings. The lowest BCUT2D eigenvalue weighted by atomic mass is 10.0. The highest BCUT2D eigenvalue weighted by atomic mass is 32.2. The van der Waals surface area contributed by atoms with Gasteiger partial charge in [-0.3, -0.25) is 0 Å². The molecule has 1 N–H and O–H groups in total. The van der Waals surface area contributed by atoms with E-state index in [1.54, 1.807) is 0 Å². The van der Waals surface area contributed by atoms with Gasteiger partial charge < -0.3 is 4.55 Å². The molecule has 3 nitrogen and oxygen atoms in total. The summed E-state index contributed by atoms with van der Waals surface area (Å²) in [5.74, 6) is -0.941. The molecule has 1 rings (SSSR count). The van der Waals surface area contributed by atoms with E-state index < -0.39 is 33.3 Å². The third kappa shape index (κ3) is 1.94. The molecular formula is C9H6F3NO2S. The van der Waals surface area contributed by atoms with Crippen LogP contribution in [0.2, 0.25) is 0 Å². The molecule has 0 amide bonds. The highest BCUT2D eigenvalue weighted by molar-refractivity contribution is 7.79. The van der Waals surface area contributed by atoms with Gasteiger partial charge >= 0.3 is 5.25 Å². The van der Waals surface area contributed by atoms with Gasteiger partial charge in [-0.1, -0.05) is 0 Å². The number of nitrogens with zero attached hydrogens (tertiary/aromatic N) is 1. The fourth-order valence-electron chi connectivity index (χ4n) is 1.23. The fraction of sp³-hybridized carbons (Fsp3) is 0.222. The van der Waals surface area contributed by atoms with Crippen molar-refractivity contribution in [3.63, 3.8) is 0 Å². The number of hydrogen-bond acceptors (Lipinski definition) is 2. The van der Waals surface area contributed by atoms with Gasteiger partial charge in [0.2, 0.25) is 11.1 Å². The van der Waals surface area contributed by atoms with Crippen molar-refractivity contribution in [2.45, 2.75) is 12.2 Å². The predicted molar refractivity (Wildman–Crippen MR) is 50.5 cm³/mol. The molecule has 0 saturated carbocycles. The first-order valence-corrected chi connectivity index (χ1v) is 5.11. The van der Waals surface area contributed by atoms with Crippen molar-refractivity contribution >= 4 is 11.1 Å². The van der Waals surface area contributed by atoms with Crippen LogP contribution in [-0.2, 0) is 16.3 Å². The Morgan fingerprint density at radius 1 is 1.50 bits per heavy atom. The Morgan fingerprint density at radius 3 is 2.50 bits per heavy atom. The number of nitriles is 1. The summed E-state index contributed by atoms with van der Waals surface area (Å²) in [6.07, 6.45) is 0. The lowest BCUT2D eigenvalue weighted by Gasteiger charge is -2.15. The number of benzene rings is 1. The Bertz CT molecular complexity index is 496. The predicted octanol–water partition coefficient (Wildman–Crippen LogP) is 2.28. The smallest absolute Gasteiger partial charge is 0.301 e. The van der Waals surface area contributed by atoms with Crippen molar-refractivity contribution in [1.82, 2.24) is 0 Å². The van der Waals surface area contributed by atoms with Gasteiger partial charge in [0.1, 0.15) is 11.9 Å². The van der Waals surface area contributed by atoms with E-state index in [1.807, 2.05) is 0 Å². The summed E-state index contributed by atoms with van der Waals surface area (Å²) in [6, 6.07) is 2.79. The van der Waals surface area contributed by atoms with Crippen LogP contribution in [0, 0.1) is 24.1 Å². The second-order valence-corrected chi connectivity index (χ2v) is 3.98. The summed E-state index contributed by atoms with van der Waals surface area (Å²) >= 11 is -3.42. The van der Waals surface area contributed by atoms with E-state index in [9.17, 15) is 17.4 Å². The van der Waals surface area contributed by atoms with Crippen molar-refractivity contribution in [3.05, 3.63) is 34.6 Å². The Morgan fingerprint density at radius 2 is 2.06 bits per heavy atom. The van der Waals surface area contributed by atoms with Crippen LogP contribution in [0.5, 0.6) is 0 Å². The standard InChI is InChI=1S/C9H6F3NO2S/c1-5-6(4-13)8(10)3-2-7(5)9(11,12)16(14)15/h2-3H,1H3,(H,14,15). The van der Waals surface area contributed by atoms with E-state index in [-0.39, 0.29) is 5.56 Å². The van der Waals surface area contributed by atoms with Gasteiger partial charge in [-0.15, -0.1) is 0 Å². The van der Waals surface area contributed by atoms with Gasteiger partial charge in [-0.25, -0.2) is 8.60 Å². The molecule has 0 saturated heterocycles. The summed E-state index contributed by atoms with van der Waals surface area (Å²) in [5, 5.41) is 4.53. The van der Waals surface area contributed by atoms with Crippen LogP contribution < -0.4 is 0 Å². The molecule has 0 aromatic heterocycles. The summed E-state index contributed by atoms with van der Waals surface area (Å²) < 4.78 is 58.3. The normalized spacial score (nSPS) is 13.2. The third-order valence-corrected chi connectivity index (χ3v) is 2.72. The molecule has 0 bridgehead atoms. The molecule has 1 atom stereocenters. The quantitative estimate of drug-likeness (QED) is 0.818. The van der Waals surface area contributed by atoms with Crippen molar-refractivity contribution in [3.8, 4) is 6.07 Å². The molecular weight excluding hydrogens is 243 g/mol. The van der Waals surface area contributed by atoms with Gasteiger partial charge in [-0.05, 0) is 24.6 Å². The summed E-state index contributed by atoms with van der Waals surface area (Å²) in [7, 11) is 0. The topological polar surface area (TPSA) is 61.1 Å². The van der Waals surface area contributed by atoms with Crippen LogP contribution in [0.4, 0.5) is 13.2 Å². The Kier molecular flexibility index (Phi) is 3.35. The first kappa shape index (κ1) is 12.7. The second kappa shape index (κ2) is 4.23. The Labute approximate surface area is 91.8 Å². The van der Waals surface area contributed by atoms with E-state index in [0.29, 0.717) is 12.1 Å². The van der Waals surface area contributed by atoms with Gasteiger partial charge in [0, 0.05) is 5.56 Å². The average Bonchev–Trinajstić information content (AvgIpc) is 2.17. The highest BCUT2D eigenvalue weighted by Crippen LogP contribution is 2.34. The summed E-state index contributed by atoms with van der Waals surface area (Å²) in [6.45, 7) is 1.09. The zero-order valence-electron chi connectivity index (χ0n) is 8.00. The van der Waals surface area contributed by atoms with Crippen LogP contribution in [0.1, 0.15) is 16.7 Å². The van der Waals surface area contributed by atoms with Crippen LogP contribution in [0.3, 0.4) is 0 Å². The molecule has 1 aromatic carbocycles. The molecule has 0 aliphatic rings. The van der Waals surface area contributed by atoms with Crippen molar-refractivity contribution in [1.29, 1.82) is 5.26 Å². The number of halogens is 3. The molecule has 7 heteroatoms. The largest absolute Gasteiger partial charge is 0.370 e. The zero-order chi connectivity index (χ0) is 12.5. The summed E-state index contributed by atoms with van der Waals surface area (Å²) in [4.78, 5) is 0. The van der Waals surface area contributed by atoms with Gasteiger partial charge in [0.05, 0.1) is 5.56 Å². The maximum atomic E-state index is 13.2. The van der Waals surface area contributed by atoms with Crippen LogP contribution in [0.15, 0.2) is 12.1 Å². The van der Waals surface area contributed by atoms with Crippen LogP contribution in [0.25, 0.3) is 0 Å². The van der Waals surface area contributed by atoms with Gasteiger partial charge in [-0.2, -0.15) is 14.0 Å². The van der Waals surface area contributed by atoms with Crippen LogP contribution >= 0.6 is 0 Å². The molecule has 0 heterocycles. The maximum Gasteiger partial charge on any atom is 0.370 e. The second-order valence-electron chi connectivity index (χ2n) is 2.97. The Hall–Kier alpha value is -1.39. The zero-order valence-corrected chi connectivity index (χ0v) is 8.82. The lowest BCUT2D eigenvalue weighted by Crippen LogP contribution is -2.21. The number of hydrogen-bond donors (Lipinski definition) is 1. The van der Waals surface area contributed by atoms with E-state index in [2.05, 4.69) is 0 Å². The van der Waals surface area contributed by atoms with Crippen molar-refractivity contribution in [2.75, 3.05) is 0 Å². The monoisotopic (exact) mass is 249 g/mol. The van der Waals surface area contributed by atoms with Gasteiger partial charge in [0.25, 0.3) is 0 Å². The minimum atomic E-state index is -4.02. The summed E-state index contributed by atoms with van der Waals surface area (Å²) in [5.41, 5.74) is -1.72. The van der Waals surface area contributed by atoms with Crippen molar-refractivity contribution in [2.24, 2.45) is 0 Å². The number of alkyl halides is 2. The maximum absolute atomic E-state index is 13.2. The molecule has 86 valence electrons. The van der Waals surface area contributed by atoms with Crippen LogP contribution in [-0.4, -0.2) is 8.76 Å². The van der Waals surface area contributed by atoms with E-state index in [4.69, 9.17) is 9.81 Å². The molecule has 0 aliphatic heterocycles. The van der Waals surface area contributed by atoms with Gasteiger partial charge in [0.15, 0.2) is 0 Å². The van der Waals surface area contributed by atoms with E-state index in [1.165, 1.54) is 6.07 Å². The molecule has 0 radical (unpaired) electrons. The number of rotatable bonds is 2. The van der Waals surface area contributed by atoms with Crippen molar-refractivity contribution < 1.29 is 21.9 Å². The third-order valence-electron chi connectivity index (χ3n) is 2.06. The lowest BCUT2D eigenvalue weighted by molar-refractivity contribution is 0.0878. The molecule has 1 unspecified atom stereocenters. The first-order chi connectivity index (χ1) is 7.32. The minimum Gasteiger partial charge on any atom is -0.301 e. The fourth-order valence-corrected chi connectivity index (χ4v) is 1.63. The molecule has 0 spiro atoms. The molecule has 0 fully saturated rings. The first-order valence-electron chi connectivity index (χ1n) is 4.00. The molecule has 16 heavy (non-hydrogen) atoms. The Balaban J connectivity index is 3.50.